The first kappa shape index (κ1) is 9.86. The van der Waals surface area contributed by atoms with E-state index < -0.39 is 0 Å². The molecule has 15 heavy (non-hydrogen) atoms. The molecule has 0 fully saturated rings. The molecule has 4 nitrogen and oxygen atoms in total. The molecule has 0 aliphatic carbocycles. The van der Waals surface area contributed by atoms with Crippen LogP contribution in [0.5, 0.6) is 17.5 Å². The van der Waals surface area contributed by atoms with Gasteiger partial charge in [0.25, 0.3) is 6.01 Å². The Labute approximate surface area is 91.8 Å². The number of H-pyrrole nitrogens is 1. The Morgan fingerprint density at radius 2 is 2.13 bits per heavy atom. The minimum Gasteiger partial charge on any atom is -0.497 e. The van der Waals surface area contributed by atoms with E-state index in [0.717, 1.165) is 5.75 Å². The predicted octanol–water partition coefficient (Wildman–Crippen LogP) is 2.86. The molecule has 1 heterocycles. The summed E-state index contributed by atoms with van der Waals surface area (Å²) in [5, 5.41) is 0.438. The average Bonchev–Trinajstić information content (AvgIpc) is 2.64. The van der Waals surface area contributed by atoms with Crippen LogP contribution in [0.15, 0.2) is 30.5 Å². The van der Waals surface area contributed by atoms with Gasteiger partial charge in [-0.25, -0.2) is 4.98 Å². The van der Waals surface area contributed by atoms with Gasteiger partial charge in [0.1, 0.15) is 16.7 Å². The molecule has 2 aromatic rings. The molecule has 0 saturated heterocycles. The van der Waals surface area contributed by atoms with Gasteiger partial charge >= 0.3 is 0 Å². The lowest BCUT2D eigenvalue weighted by atomic mass is 10.3. The van der Waals surface area contributed by atoms with E-state index in [0.29, 0.717) is 16.9 Å². The maximum Gasteiger partial charge on any atom is 0.300 e. The van der Waals surface area contributed by atoms with Crippen molar-refractivity contribution in [1.82, 2.24) is 9.97 Å². The molecule has 0 saturated carbocycles. The summed E-state index contributed by atoms with van der Waals surface area (Å²) in [5.41, 5.74) is 0. The minimum atomic E-state index is 0.355. The molecule has 2 rings (SSSR count). The summed E-state index contributed by atoms with van der Waals surface area (Å²) in [5.74, 6) is 1.37. The maximum atomic E-state index is 5.66. The van der Waals surface area contributed by atoms with Gasteiger partial charge in [-0.3, -0.25) is 4.98 Å². The summed E-state index contributed by atoms with van der Waals surface area (Å²) < 4.78 is 10.5. The number of nitrogens with zero attached hydrogens (tertiary/aromatic N) is 1. The molecule has 0 aliphatic heterocycles. The third kappa shape index (κ3) is 2.41. The fraction of sp³-hybridized carbons (Fsp3) is 0.100. The zero-order valence-electron chi connectivity index (χ0n) is 8.03. The number of imidazole rings is 1. The van der Waals surface area contributed by atoms with Crippen molar-refractivity contribution >= 4 is 11.6 Å². The first-order chi connectivity index (χ1) is 7.28. The van der Waals surface area contributed by atoms with Crippen molar-refractivity contribution in [2.24, 2.45) is 0 Å². The van der Waals surface area contributed by atoms with Gasteiger partial charge in [-0.2, -0.15) is 0 Å². The van der Waals surface area contributed by atoms with Gasteiger partial charge in [0, 0.05) is 6.07 Å². The zero-order valence-corrected chi connectivity index (χ0v) is 8.78. The van der Waals surface area contributed by atoms with Crippen LogP contribution in [0.4, 0.5) is 0 Å². The quantitative estimate of drug-likeness (QED) is 0.872. The summed E-state index contributed by atoms with van der Waals surface area (Å²) in [4.78, 5) is 6.67. The smallest absolute Gasteiger partial charge is 0.300 e. The van der Waals surface area contributed by atoms with E-state index in [2.05, 4.69) is 9.97 Å². The number of benzene rings is 1. The van der Waals surface area contributed by atoms with Crippen LogP contribution in [0.3, 0.4) is 0 Å². The van der Waals surface area contributed by atoms with Crippen molar-refractivity contribution < 1.29 is 9.47 Å². The van der Waals surface area contributed by atoms with E-state index in [9.17, 15) is 0 Å². The van der Waals surface area contributed by atoms with E-state index in [4.69, 9.17) is 21.1 Å². The third-order valence-electron chi connectivity index (χ3n) is 1.78. The van der Waals surface area contributed by atoms with Crippen LogP contribution in [0.25, 0.3) is 0 Å². The third-order valence-corrected chi connectivity index (χ3v) is 1.97. The Morgan fingerprint density at radius 1 is 1.33 bits per heavy atom. The summed E-state index contributed by atoms with van der Waals surface area (Å²) >= 11 is 5.66. The van der Waals surface area contributed by atoms with Gasteiger partial charge in [-0.05, 0) is 12.1 Å². The van der Waals surface area contributed by atoms with Crippen molar-refractivity contribution in [1.29, 1.82) is 0 Å². The molecule has 1 aromatic heterocycles. The van der Waals surface area contributed by atoms with Gasteiger partial charge in [0.2, 0.25) is 0 Å². The molecular formula is C10H9ClN2O2. The number of methoxy groups -OCH3 is 1. The fourth-order valence-electron chi connectivity index (χ4n) is 1.11. The van der Waals surface area contributed by atoms with Crippen LogP contribution in [0.1, 0.15) is 0 Å². The number of hydrogen-bond acceptors (Lipinski definition) is 3. The monoisotopic (exact) mass is 224 g/mol. The van der Waals surface area contributed by atoms with E-state index in [1.807, 2.05) is 12.1 Å². The largest absolute Gasteiger partial charge is 0.497 e. The highest BCUT2D eigenvalue weighted by Gasteiger charge is 2.02. The topological polar surface area (TPSA) is 47.1 Å². The molecule has 1 aromatic carbocycles. The highest BCUT2D eigenvalue weighted by molar-refractivity contribution is 6.29. The standard InChI is InChI=1S/C10H9ClN2O2/c1-14-7-3-2-4-8(5-7)15-10-12-6-9(11)13-10/h2-6H,1H3,(H,12,13). The molecule has 0 radical (unpaired) electrons. The van der Waals surface area contributed by atoms with Gasteiger partial charge < -0.3 is 9.47 Å². The maximum absolute atomic E-state index is 5.66. The van der Waals surface area contributed by atoms with Gasteiger partial charge in [0.05, 0.1) is 13.3 Å². The first-order valence-corrected chi connectivity index (χ1v) is 4.68. The lowest BCUT2D eigenvalue weighted by molar-refractivity contribution is 0.405. The van der Waals surface area contributed by atoms with Crippen LogP contribution in [0, 0.1) is 0 Å². The number of aromatic nitrogens is 2. The summed E-state index contributed by atoms with van der Waals surface area (Å²) in [7, 11) is 1.60. The number of rotatable bonds is 3. The van der Waals surface area contributed by atoms with E-state index >= 15 is 0 Å². The normalized spacial score (nSPS) is 10.0. The second-order valence-corrected chi connectivity index (χ2v) is 3.22. The Balaban J connectivity index is 2.16. The number of ether oxygens (including phenoxy) is 2. The van der Waals surface area contributed by atoms with Crippen LogP contribution in [0.2, 0.25) is 5.15 Å². The van der Waals surface area contributed by atoms with Crippen LogP contribution in [-0.4, -0.2) is 17.1 Å². The zero-order chi connectivity index (χ0) is 10.7. The Bertz CT molecular complexity index is 456. The van der Waals surface area contributed by atoms with Crippen molar-refractivity contribution in [3.63, 3.8) is 0 Å². The number of nitrogens with one attached hydrogen (secondary N) is 1. The predicted molar refractivity (Wildman–Crippen MR) is 56.7 cm³/mol. The SMILES string of the molecule is COc1cccc(Oc2ncc(Cl)[nH]2)c1. The highest BCUT2D eigenvalue weighted by Crippen LogP contribution is 2.23. The van der Waals surface area contributed by atoms with Crippen LogP contribution >= 0.6 is 11.6 Å². The molecule has 0 amide bonds. The van der Waals surface area contributed by atoms with E-state index in [1.165, 1.54) is 6.20 Å². The second-order valence-electron chi connectivity index (χ2n) is 2.82. The van der Waals surface area contributed by atoms with E-state index in [1.54, 1.807) is 19.2 Å². The summed E-state index contributed by atoms with van der Waals surface area (Å²) in [6.07, 6.45) is 1.48. The average molecular weight is 225 g/mol. The molecule has 0 unspecified atom stereocenters. The molecule has 0 bridgehead atoms. The van der Waals surface area contributed by atoms with Gasteiger partial charge in [0.15, 0.2) is 0 Å². The molecule has 0 atom stereocenters. The lowest BCUT2D eigenvalue weighted by Gasteiger charge is -2.03. The number of halogens is 1. The van der Waals surface area contributed by atoms with Gasteiger partial charge in [-0.15, -0.1) is 0 Å². The summed E-state index contributed by atoms with van der Waals surface area (Å²) in [6, 6.07) is 7.59. The number of hydrogen-bond donors (Lipinski definition) is 1. The number of aromatic amines is 1. The van der Waals surface area contributed by atoms with E-state index in [-0.39, 0.29) is 0 Å². The second kappa shape index (κ2) is 4.23. The molecule has 78 valence electrons. The molecular weight excluding hydrogens is 216 g/mol. The molecule has 0 aliphatic rings. The molecule has 1 N–H and O–H groups in total. The van der Waals surface area contributed by atoms with Crippen molar-refractivity contribution in [2.75, 3.05) is 7.11 Å². The Morgan fingerprint density at radius 3 is 2.80 bits per heavy atom. The van der Waals surface area contributed by atoms with Crippen molar-refractivity contribution in [2.45, 2.75) is 0 Å². The lowest BCUT2D eigenvalue weighted by Crippen LogP contribution is -1.87. The fourth-order valence-corrected chi connectivity index (χ4v) is 1.24. The minimum absolute atomic E-state index is 0.355. The summed E-state index contributed by atoms with van der Waals surface area (Å²) in [6.45, 7) is 0. The molecule has 0 spiro atoms. The van der Waals surface area contributed by atoms with Crippen LogP contribution < -0.4 is 9.47 Å². The molecule has 5 heteroatoms. The van der Waals surface area contributed by atoms with Crippen LogP contribution in [-0.2, 0) is 0 Å². The van der Waals surface area contributed by atoms with Gasteiger partial charge in [-0.1, -0.05) is 17.7 Å². The van der Waals surface area contributed by atoms with Crippen molar-refractivity contribution in [3.05, 3.63) is 35.6 Å². The highest BCUT2D eigenvalue weighted by atomic mass is 35.5. The Kier molecular flexibility index (Phi) is 2.78. The van der Waals surface area contributed by atoms with Crippen molar-refractivity contribution in [3.8, 4) is 17.5 Å². The Hall–Kier alpha value is -1.68. The first-order valence-electron chi connectivity index (χ1n) is 4.30.